The van der Waals surface area contributed by atoms with Crippen LogP contribution < -0.4 is 0 Å². The fourth-order valence-electron chi connectivity index (χ4n) is 4.43. The molecule has 2 aliphatic rings. The third kappa shape index (κ3) is 2.02. The first-order valence-electron chi connectivity index (χ1n) is 8.23. The Hall–Kier alpha value is -1.35. The molecule has 3 nitrogen and oxygen atoms in total. The molecule has 0 amide bonds. The summed E-state index contributed by atoms with van der Waals surface area (Å²) in [5, 5.41) is 10.1. The molecule has 0 bridgehead atoms. The van der Waals surface area contributed by atoms with Gasteiger partial charge in [-0.05, 0) is 77.3 Å². The van der Waals surface area contributed by atoms with Gasteiger partial charge < -0.3 is 5.11 Å². The van der Waals surface area contributed by atoms with Gasteiger partial charge in [-0.25, -0.2) is 0 Å². The highest BCUT2D eigenvalue weighted by molar-refractivity contribution is 5.83. The lowest BCUT2D eigenvalue weighted by atomic mass is 9.57. The maximum absolute atomic E-state index is 12.3. The Kier molecular flexibility index (Phi) is 4.40. The Morgan fingerprint density at radius 3 is 2.14 bits per heavy atom. The minimum atomic E-state index is -0.912. The molecule has 0 aromatic carbocycles. The van der Waals surface area contributed by atoms with Crippen LogP contribution in [0.4, 0.5) is 0 Å². The number of nitrogens with zero attached hydrogens (tertiary/aromatic N) is 1. The lowest BCUT2D eigenvalue weighted by molar-refractivity contribution is -0.153. The van der Waals surface area contributed by atoms with Crippen molar-refractivity contribution in [1.82, 2.24) is 4.90 Å². The summed E-state index contributed by atoms with van der Waals surface area (Å²) in [6.07, 6.45) is 5.41. The molecule has 1 fully saturated rings. The van der Waals surface area contributed by atoms with Crippen molar-refractivity contribution in [2.75, 3.05) is 13.1 Å². The molecule has 2 atom stereocenters. The molecule has 1 saturated heterocycles. The lowest BCUT2D eigenvalue weighted by Gasteiger charge is -2.56. The van der Waals surface area contributed by atoms with E-state index in [2.05, 4.69) is 25.3 Å². The van der Waals surface area contributed by atoms with Crippen LogP contribution in [0.5, 0.6) is 0 Å². The van der Waals surface area contributed by atoms with Gasteiger partial charge in [0.1, 0.15) is 5.41 Å². The van der Waals surface area contributed by atoms with Gasteiger partial charge in [-0.3, -0.25) is 9.69 Å². The number of carboxylic acids is 1. The number of allylic oxidation sites excluding steroid dienone is 3. The van der Waals surface area contributed by atoms with E-state index in [0.29, 0.717) is 0 Å². The van der Waals surface area contributed by atoms with Crippen molar-refractivity contribution in [3.63, 3.8) is 0 Å². The number of piperidine rings is 1. The Morgan fingerprint density at radius 1 is 1.14 bits per heavy atom. The largest absolute Gasteiger partial charge is 0.481 e. The molecule has 2 unspecified atom stereocenters. The number of hydrogen-bond donors (Lipinski definition) is 1. The molecule has 22 heavy (non-hydrogen) atoms. The van der Waals surface area contributed by atoms with Crippen LogP contribution in [0.15, 0.2) is 34.9 Å². The average molecular weight is 303 g/mol. The predicted octanol–water partition coefficient (Wildman–Crippen LogP) is 4.17. The second-order valence-corrected chi connectivity index (χ2v) is 7.04. The van der Waals surface area contributed by atoms with Gasteiger partial charge in [-0.1, -0.05) is 24.6 Å². The minimum absolute atomic E-state index is 0.508. The number of aliphatic carboxylic acids is 1. The van der Waals surface area contributed by atoms with Crippen LogP contribution in [0.25, 0.3) is 0 Å². The van der Waals surface area contributed by atoms with Gasteiger partial charge >= 0.3 is 5.97 Å². The van der Waals surface area contributed by atoms with E-state index < -0.39 is 16.9 Å². The fraction of sp³-hybridized carbons (Fsp3) is 0.632. The van der Waals surface area contributed by atoms with Crippen LogP contribution in [-0.2, 0) is 4.79 Å². The minimum Gasteiger partial charge on any atom is -0.481 e. The quantitative estimate of drug-likeness (QED) is 0.850. The second kappa shape index (κ2) is 5.69. The summed E-state index contributed by atoms with van der Waals surface area (Å²) in [6.45, 7) is 16.0. The normalized spacial score (nSPS) is 34.0. The number of carbonyl (C=O) groups is 1. The summed E-state index contributed by atoms with van der Waals surface area (Å²) in [6, 6.07) is 0. The van der Waals surface area contributed by atoms with Crippen molar-refractivity contribution in [2.45, 2.75) is 59.4 Å². The lowest BCUT2D eigenvalue weighted by Crippen LogP contribution is -2.64. The van der Waals surface area contributed by atoms with Gasteiger partial charge in [0.05, 0.1) is 5.54 Å². The number of likely N-dealkylation sites (tertiary alicyclic amines) is 1. The van der Waals surface area contributed by atoms with E-state index >= 15 is 0 Å². The van der Waals surface area contributed by atoms with Gasteiger partial charge in [0, 0.05) is 0 Å². The third-order valence-electron chi connectivity index (χ3n) is 6.44. The summed E-state index contributed by atoms with van der Waals surface area (Å²) >= 11 is 0. The molecule has 0 saturated carbocycles. The maximum Gasteiger partial charge on any atom is 0.315 e. The third-order valence-corrected chi connectivity index (χ3v) is 6.44. The molecular weight excluding hydrogens is 274 g/mol. The van der Waals surface area contributed by atoms with Crippen molar-refractivity contribution in [1.29, 1.82) is 0 Å². The zero-order valence-electron chi connectivity index (χ0n) is 14.6. The Balaban J connectivity index is 2.73. The molecule has 3 heteroatoms. The van der Waals surface area contributed by atoms with Crippen LogP contribution in [0.2, 0.25) is 0 Å². The highest BCUT2D eigenvalue weighted by atomic mass is 16.4. The zero-order valence-corrected chi connectivity index (χ0v) is 14.6. The van der Waals surface area contributed by atoms with Gasteiger partial charge in [-0.2, -0.15) is 0 Å². The van der Waals surface area contributed by atoms with Crippen LogP contribution >= 0.6 is 0 Å². The summed E-state index contributed by atoms with van der Waals surface area (Å²) in [5.74, 6) is -0.736. The van der Waals surface area contributed by atoms with Crippen molar-refractivity contribution < 1.29 is 9.90 Å². The van der Waals surface area contributed by atoms with E-state index in [1.165, 1.54) is 6.42 Å². The van der Waals surface area contributed by atoms with E-state index in [1.807, 2.05) is 26.8 Å². The van der Waals surface area contributed by atoms with Gasteiger partial charge in [0.15, 0.2) is 0 Å². The topological polar surface area (TPSA) is 40.5 Å². The van der Waals surface area contributed by atoms with Gasteiger partial charge in [0.25, 0.3) is 0 Å². The first-order valence-corrected chi connectivity index (χ1v) is 8.23. The fourth-order valence-corrected chi connectivity index (χ4v) is 4.43. The standard InChI is InChI=1S/C19H29NO2/c1-7-16-13(2)14(3)18(5,17(21)22)19(6,15(16)4)20-11-9-8-10-12-20/h7H,1,8-12H2,2-6H3,(H,21,22). The molecule has 0 radical (unpaired) electrons. The van der Waals surface area contributed by atoms with Crippen LogP contribution in [0, 0.1) is 5.41 Å². The summed E-state index contributed by atoms with van der Waals surface area (Å²) in [7, 11) is 0. The van der Waals surface area contributed by atoms with Gasteiger partial charge in [-0.15, -0.1) is 0 Å². The second-order valence-electron chi connectivity index (χ2n) is 7.04. The highest BCUT2D eigenvalue weighted by Crippen LogP contribution is 2.53. The Morgan fingerprint density at radius 2 is 1.68 bits per heavy atom. The van der Waals surface area contributed by atoms with Crippen molar-refractivity contribution in [3.05, 3.63) is 34.9 Å². The summed E-state index contributed by atoms with van der Waals surface area (Å²) in [5.41, 5.74) is 2.85. The number of carboxylic acid groups (broad SMARTS) is 1. The van der Waals surface area contributed by atoms with Gasteiger partial charge in [0.2, 0.25) is 0 Å². The summed E-state index contributed by atoms with van der Waals surface area (Å²) < 4.78 is 0. The SMILES string of the molecule is C=CC1=C(C)C(C)(N2CCCCC2)C(C)(C(=O)O)C(C)=C1C. The highest BCUT2D eigenvalue weighted by Gasteiger charge is 2.58. The molecule has 0 spiro atoms. The first-order chi connectivity index (χ1) is 10.2. The molecule has 1 aliphatic heterocycles. The summed E-state index contributed by atoms with van der Waals surface area (Å²) in [4.78, 5) is 14.7. The maximum atomic E-state index is 12.3. The Bertz CT molecular complexity index is 566. The van der Waals surface area contributed by atoms with E-state index in [1.54, 1.807) is 0 Å². The molecule has 0 aromatic rings. The molecule has 1 aliphatic carbocycles. The van der Waals surface area contributed by atoms with Crippen LogP contribution in [0.1, 0.15) is 53.9 Å². The Labute approximate surface area is 134 Å². The number of rotatable bonds is 3. The van der Waals surface area contributed by atoms with E-state index in [9.17, 15) is 9.90 Å². The zero-order chi connectivity index (χ0) is 16.7. The average Bonchev–Trinajstić information content (AvgIpc) is 2.52. The molecule has 122 valence electrons. The van der Waals surface area contributed by atoms with Crippen LogP contribution in [-0.4, -0.2) is 34.6 Å². The smallest absolute Gasteiger partial charge is 0.315 e. The van der Waals surface area contributed by atoms with Crippen LogP contribution in [0.3, 0.4) is 0 Å². The van der Waals surface area contributed by atoms with E-state index in [0.717, 1.165) is 48.2 Å². The molecule has 1 heterocycles. The number of hydrogen-bond acceptors (Lipinski definition) is 2. The first kappa shape index (κ1) is 17.0. The molecular formula is C19H29NO2. The van der Waals surface area contributed by atoms with Crippen molar-refractivity contribution in [3.8, 4) is 0 Å². The van der Waals surface area contributed by atoms with Crippen molar-refractivity contribution in [2.24, 2.45) is 5.41 Å². The predicted molar refractivity (Wildman–Crippen MR) is 90.8 cm³/mol. The van der Waals surface area contributed by atoms with E-state index in [4.69, 9.17) is 0 Å². The monoisotopic (exact) mass is 303 g/mol. The molecule has 0 aromatic heterocycles. The van der Waals surface area contributed by atoms with E-state index in [-0.39, 0.29) is 0 Å². The van der Waals surface area contributed by atoms with Crippen molar-refractivity contribution >= 4 is 5.97 Å². The molecule has 1 N–H and O–H groups in total. The molecule has 2 rings (SSSR count).